The Morgan fingerprint density at radius 1 is 0.943 bits per heavy atom. The van der Waals surface area contributed by atoms with Gasteiger partial charge in [-0.15, -0.1) is 0 Å². The van der Waals surface area contributed by atoms with Crippen LogP contribution in [0.25, 0.3) is 0 Å². The highest BCUT2D eigenvalue weighted by Crippen LogP contribution is 2.35. The normalized spacial score (nSPS) is 15.2. The Hall–Kier alpha value is -3.36. The molecule has 4 rings (SSSR count). The summed E-state index contributed by atoms with van der Waals surface area (Å²) >= 11 is 0. The molecule has 0 saturated carbocycles. The van der Waals surface area contributed by atoms with E-state index in [0.29, 0.717) is 31.2 Å². The molecule has 3 aromatic rings. The molecule has 7 nitrogen and oxygen atoms in total. The van der Waals surface area contributed by atoms with Gasteiger partial charge in [0.25, 0.3) is 10.0 Å². The van der Waals surface area contributed by atoms with Crippen LogP contribution in [-0.4, -0.2) is 47.7 Å². The van der Waals surface area contributed by atoms with Crippen LogP contribution in [0.15, 0.2) is 89.8 Å². The molecule has 0 bridgehead atoms. The molecule has 1 heterocycles. The fraction of sp³-hybridized carbons (Fsp3) is 0.296. The number of nitrogens with zero attached hydrogens (tertiary/aromatic N) is 1. The predicted molar refractivity (Wildman–Crippen MR) is 135 cm³/mol. The van der Waals surface area contributed by atoms with Crippen molar-refractivity contribution in [1.29, 1.82) is 0 Å². The van der Waals surface area contributed by atoms with Crippen LogP contribution in [0.1, 0.15) is 18.4 Å². The molecule has 0 spiro atoms. The number of rotatable bonds is 9. The van der Waals surface area contributed by atoms with Crippen LogP contribution in [-0.2, 0) is 25.0 Å². The maximum atomic E-state index is 13.6. The largest absolute Gasteiger partial charge is 0.495 e. The van der Waals surface area contributed by atoms with Crippen molar-refractivity contribution in [3.05, 3.63) is 90.5 Å². The zero-order chi connectivity index (χ0) is 24.7. The highest BCUT2D eigenvalue weighted by molar-refractivity contribution is 7.92. The third-order valence-corrected chi connectivity index (χ3v) is 8.21. The standard InChI is InChI=1S/C27H30N2O5S/c1-33-25-15-9-8-14-24(25)29(35(31,32)23-12-6-3-7-13-23)20-26(30)28-21-27(16-18-34-19-17-27)22-10-4-2-5-11-22/h2-15H,16-21H2,1H3,(H,28,30). The first-order valence-corrected chi connectivity index (χ1v) is 13.0. The van der Waals surface area contributed by atoms with E-state index in [1.54, 1.807) is 42.5 Å². The number of sulfonamides is 1. The van der Waals surface area contributed by atoms with Gasteiger partial charge in [0.05, 0.1) is 17.7 Å². The second-order valence-corrected chi connectivity index (χ2v) is 10.4. The maximum Gasteiger partial charge on any atom is 0.264 e. The minimum atomic E-state index is -4.02. The Bertz CT molecular complexity index is 1230. The van der Waals surface area contributed by atoms with E-state index in [1.807, 2.05) is 18.2 Å². The van der Waals surface area contributed by atoms with Gasteiger partial charge in [-0.3, -0.25) is 9.10 Å². The summed E-state index contributed by atoms with van der Waals surface area (Å²) in [7, 11) is -2.55. The molecular formula is C27H30N2O5S. The lowest BCUT2D eigenvalue weighted by Crippen LogP contribution is -2.48. The number of anilines is 1. The fourth-order valence-electron chi connectivity index (χ4n) is 4.43. The Balaban J connectivity index is 1.60. The van der Waals surface area contributed by atoms with Gasteiger partial charge in [0, 0.05) is 25.2 Å². The Labute approximate surface area is 206 Å². The summed E-state index contributed by atoms with van der Waals surface area (Å²) in [6, 6.07) is 25.0. The van der Waals surface area contributed by atoms with Gasteiger partial charge in [-0.2, -0.15) is 0 Å². The lowest BCUT2D eigenvalue weighted by atomic mass is 9.74. The lowest BCUT2D eigenvalue weighted by molar-refractivity contribution is -0.120. The summed E-state index contributed by atoms with van der Waals surface area (Å²) in [6.45, 7) is 1.24. The molecule has 0 atom stereocenters. The third kappa shape index (κ3) is 5.49. The molecule has 0 unspecified atom stereocenters. The zero-order valence-electron chi connectivity index (χ0n) is 19.7. The van der Waals surface area contributed by atoms with E-state index in [0.717, 1.165) is 22.7 Å². The highest BCUT2D eigenvalue weighted by Gasteiger charge is 2.35. The first kappa shape index (κ1) is 24.8. The number of nitrogens with one attached hydrogen (secondary N) is 1. The highest BCUT2D eigenvalue weighted by atomic mass is 32.2. The van der Waals surface area contributed by atoms with Gasteiger partial charge in [-0.25, -0.2) is 8.42 Å². The van der Waals surface area contributed by atoms with Crippen molar-refractivity contribution in [3.63, 3.8) is 0 Å². The van der Waals surface area contributed by atoms with Crippen molar-refractivity contribution in [2.24, 2.45) is 0 Å². The summed E-state index contributed by atoms with van der Waals surface area (Å²) < 4.78 is 39.3. The second kappa shape index (κ2) is 10.9. The number of carbonyl (C=O) groups excluding carboxylic acids is 1. The molecule has 3 aromatic carbocycles. The molecule has 1 saturated heterocycles. The van der Waals surface area contributed by atoms with Crippen LogP contribution in [0.5, 0.6) is 5.75 Å². The second-order valence-electron chi connectivity index (χ2n) is 8.53. The van der Waals surface area contributed by atoms with E-state index in [2.05, 4.69) is 17.4 Å². The SMILES string of the molecule is COc1ccccc1N(CC(=O)NCC1(c2ccccc2)CCOCC1)S(=O)(=O)c1ccccc1. The van der Waals surface area contributed by atoms with Crippen molar-refractivity contribution in [1.82, 2.24) is 5.32 Å². The van der Waals surface area contributed by atoms with Gasteiger partial charge in [0.2, 0.25) is 5.91 Å². The number of methoxy groups -OCH3 is 1. The molecule has 0 aromatic heterocycles. The molecule has 0 aliphatic carbocycles. The number of para-hydroxylation sites is 2. The first-order valence-electron chi connectivity index (χ1n) is 11.6. The van der Waals surface area contributed by atoms with Gasteiger partial charge in [0.1, 0.15) is 12.3 Å². The summed E-state index contributed by atoms with van der Waals surface area (Å²) in [5.74, 6) is -0.0257. The lowest BCUT2D eigenvalue weighted by Gasteiger charge is -2.38. The molecule has 8 heteroatoms. The molecule has 35 heavy (non-hydrogen) atoms. The summed E-state index contributed by atoms with van der Waals surface area (Å²) in [4.78, 5) is 13.3. The third-order valence-electron chi connectivity index (χ3n) is 6.43. The average Bonchev–Trinajstić information content (AvgIpc) is 2.92. The van der Waals surface area contributed by atoms with Crippen LogP contribution in [0.3, 0.4) is 0 Å². The number of carbonyl (C=O) groups is 1. The Morgan fingerprint density at radius 2 is 1.54 bits per heavy atom. The van der Waals surface area contributed by atoms with Crippen LogP contribution < -0.4 is 14.4 Å². The van der Waals surface area contributed by atoms with Crippen molar-refractivity contribution >= 4 is 21.6 Å². The topological polar surface area (TPSA) is 84.9 Å². The fourth-order valence-corrected chi connectivity index (χ4v) is 5.88. The van der Waals surface area contributed by atoms with Crippen molar-refractivity contribution in [2.75, 3.05) is 37.7 Å². The van der Waals surface area contributed by atoms with Crippen LogP contribution in [0.2, 0.25) is 0 Å². The first-order chi connectivity index (χ1) is 17.0. The zero-order valence-corrected chi connectivity index (χ0v) is 20.5. The van der Waals surface area contributed by atoms with Gasteiger partial charge in [-0.05, 0) is 42.7 Å². The van der Waals surface area contributed by atoms with E-state index in [1.165, 1.54) is 19.2 Å². The molecule has 184 valence electrons. The smallest absolute Gasteiger partial charge is 0.264 e. The van der Waals surface area contributed by atoms with Gasteiger partial charge in [-0.1, -0.05) is 60.7 Å². The summed E-state index contributed by atoms with van der Waals surface area (Å²) in [5.41, 5.74) is 1.18. The van der Waals surface area contributed by atoms with E-state index < -0.39 is 15.9 Å². The van der Waals surface area contributed by atoms with Crippen molar-refractivity contribution in [2.45, 2.75) is 23.2 Å². The predicted octanol–water partition coefficient (Wildman–Crippen LogP) is 3.76. The summed E-state index contributed by atoms with van der Waals surface area (Å²) in [6.07, 6.45) is 1.55. The van der Waals surface area contributed by atoms with Crippen LogP contribution in [0, 0.1) is 0 Å². The molecule has 1 fully saturated rings. The minimum Gasteiger partial charge on any atom is -0.495 e. The van der Waals surface area contributed by atoms with E-state index >= 15 is 0 Å². The molecule has 1 amide bonds. The monoisotopic (exact) mass is 494 g/mol. The van der Waals surface area contributed by atoms with E-state index in [-0.39, 0.29) is 16.9 Å². The molecule has 0 radical (unpaired) electrons. The number of ether oxygens (including phenoxy) is 2. The quantitative estimate of drug-likeness (QED) is 0.490. The minimum absolute atomic E-state index is 0.101. The van der Waals surface area contributed by atoms with E-state index in [4.69, 9.17) is 9.47 Å². The molecule has 1 aliphatic rings. The van der Waals surface area contributed by atoms with Gasteiger partial charge in [0.15, 0.2) is 0 Å². The Kier molecular flexibility index (Phi) is 7.73. The molecular weight excluding hydrogens is 464 g/mol. The van der Waals surface area contributed by atoms with Gasteiger partial charge < -0.3 is 14.8 Å². The molecule has 1 aliphatic heterocycles. The number of amides is 1. The van der Waals surface area contributed by atoms with E-state index in [9.17, 15) is 13.2 Å². The number of hydrogen-bond acceptors (Lipinski definition) is 5. The Morgan fingerprint density at radius 3 is 2.20 bits per heavy atom. The number of benzene rings is 3. The van der Waals surface area contributed by atoms with Crippen LogP contribution in [0.4, 0.5) is 5.69 Å². The van der Waals surface area contributed by atoms with Crippen molar-refractivity contribution < 1.29 is 22.7 Å². The number of hydrogen-bond donors (Lipinski definition) is 1. The average molecular weight is 495 g/mol. The van der Waals surface area contributed by atoms with Gasteiger partial charge >= 0.3 is 0 Å². The van der Waals surface area contributed by atoms with Crippen molar-refractivity contribution in [3.8, 4) is 5.75 Å². The summed E-state index contributed by atoms with van der Waals surface area (Å²) in [5, 5.41) is 3.01. The van der Waals surface area contributed by atoms with Crippen LogP contribution >= 0.6 is 0 Å². The molecule has 1 N–H and O–H groups in total. The maximum absolute atomic E-state index is 13.6.